The van der Waals surface area contributed by atoms with Crippen molar-refractivity contribution in [2.75, 3.05) is 23.2 Å². The van der Waals surface area contributed by atoms with E-state index in [1.54, 1.807) is 25.5 Å². The molecule has 0 radical (unpaired) electrons. The molecule has 1 aliphatic rings. The van der Waals surface area contributed by atoms with Gasteiger partial charge >= 0.3 is 0 Å². The van der Waals surface area contributed by atoms with E-state index in [0.717, 1.165) is 41.5 Å². The monoisotopic (exact) mass is 464 g/mol. The van der Waals surface area contributed by atoms with Crippen LogP contribution in [0.4, 0.5) is 11.4 Å². The summed E-state index contributed by atoms with van der Waals surface area (Å²) >= 11 is 0. The fourth-order valence-corrected chi connectivity index (χ4v) is 5.57. The van der Waals surface area contributed by atoms with E-state index < -0.39 is 10.0 Å². The van der Waals surface area contributed by atoms with Crippen LogP contribution >= 0.6 is 0 Å². The normalized spacial score (nSPS) is 14.2. The highest BCUT2D eigenvalue weighted by molar-refractivity contribution is 7.92. The van der Waals surface area contributed by atoms with Gasteiger partial charge in [0.25, 0.3) is 10.0 Å². The van der Waals surface area contributed by atoms with E-state index in [1.165, 1.54) is 22.0 Å². The molecule has 9 heteroatoms. The Balaban J connectivity index is 1.69. The molecule has 5 rings (SSSR count). The van der Waals surface area contributed by atoms with Gasteiger partial charge in [0.2, 0.25) is 0 Å². The predicted molar refractivity (Wildman–Crippen MR) is 131 cm³/mol. The zero-order chi connectivity index (χ0) is 23.3. The van der Waals surface area contributed by atoms with E-state index in [0.29, 0.717) is 5.69 Å². The van der Waals surface area contributed by atoms with Gasteiger partial charge in [0.15, 0.2) is 5.03 Å². The molecule has 33 heavy (non-hydrogen) atoms. The fourth-order valence-electron chi connectivity index (χ4n) is 4.53. The Hall–Kier alpha value is -3.33. The van der Waals surface area contributed by atoms with Crippen molar-refractivity contribution in [1.82, 2.24) is 19.3 Å². The average Bonchev–Trinajstić information content (AvgIpc) is 3.39. The van der Waals surface area contributed by atoms with Gasteiger partial charge in [-0.15, -0.1) is 0 Å². The Morgan fingerprint density at radius 3 is 2.67 bits per heavy atom. The van der Waals surface area contributed by atoms with Gasteiger partial charge in [-0.25, -0.2) is 4.98 Å². The maximum Gasteiger partial charge on any atom is 0.281 e. The zero-order valence-corrected chi connectivity index (χ0v) is 20.1. The van der Waals surface area contributed by atoms with Gasteiger partial charge in [0, 0.05) is 56.5 Å². The van der Waals surface area contributed by atoms with E-state index >= 15 is 0 Å². The number of aryl methyl sites for hydroxylation is 2. The first-order valence-electron chi connectivity index (χ1n) is 11.1. The van der Waals surface area contributed by atoms with Crippen LogP contribution in [0.2, 0.25) is 0 Å². The molecule has 1 aliphatic heterocycles. The summed E-state index contributed by atoms with van der Waals surface area (Å²) < 4.78 is 32.4. The largest absolute Gasteiger partial charge is 0.374 e. The Bertz CT molecular complexity index is 1450. The lowest BCUT2D eigenvalue weighted by Crippen LogP contribution is -2.24. The van der Waals surface area contributed by atoms with E-state index in [-0.39, 0.29) is 11.1 Å². The van der Waals surface area contributed by atoms with E-state index in [1.807, 2.05) is 0 Å². The van der Waals surface area contributed by atoms with Crippen molar-refractivity contribution >= 4 is 32.4 Å². The van der Waals surface area contributed by atoms with E-state index in [4.69, 9.17) is 0 Å². The van der Waals surface area contributed by atoms with Gasteiger partial charge < -0.3 is 9.47 Å². The number of hydrogen-bond donors (Lipinski definition) is 1. The summed E-state index contributed by atoms with van der Waals surface area (Å²) in [6.07, 6.45) is 7.55. The highest BCUT2D eigenvalue weighted by Gasteiger charge is 2.23. The summed E-state index contributed by atoms with van der Waals surface area (Å²) in [6.45, 7) is 5.22. The molecule has 0 bridgehead atoms. The quantitative estimate of drug-likeness (QED) is 0.478. The molecule has 0 fully saturated rings. The number of sulfonamides is 1. The molecule has 1 N–H and O–H groups in total. The first-order chi connectivity index (χ1) is 15.7. The fraction of sp³-hybridized carbons (Fsp3) is 0.333. The molecule has 0 aliphatic carbocycles. The second-order valence-corrected chi connectivity index (χ2v) is 10.5. The molecule has 172 valence electrons. The van der Waals surface area contributed by atoms with Crippen molar-refractivity contribution < 1.29 is 8.42 Å². The number of aromatic nitrogens is 4. The summed E-state index contributed by atoms with van der Waals surface area (Å²) in [7, 11) is -0.0340. The summed E-state index contributed by atoms with van der Waals surface area (Å²) in [6, 6.07) is 9.88. The SMILES string of the molecule is CC(C)n1cc(-c2ccc3c(c2)N(C)CCC3)c2c(NS(=O)(=O)c3ccn(C)n3)ccnc21. The molecule has 0 unspecified atom stereocenters. The molecule has 8 nitrogen and oxygen atoms in total. The van der Waals surface area contributed by atoms with Crippen LogP contribution in [-0.4, -0.2) is 41.3 Å². The maximum atomic E-state index is 13.1. The topological polar surface area (TPSA) is 85.0 Å². The molecule has 1 aromatic carbocycles. The number of pyridine rings is 1. The first-order valence-corrected chi connectivity index (χ1v) is 12.6. The molecule has 0 saturated heterocycles. The standard InChI is InChI=1S/C24H28N6O2S/c1-16(2)30-15-19(18-8-7-17-6-5-12-28(3)21(17)14-18)23-20(9-11-25-24(23)30)27-33(31,32)22-10-13-29(4)26-22/h7-11,13-16H,5-6,12H2,1-4H3,(H,25,27). The van der Waals surface area contributed by atoms with Crippen LogP contribution in [0.5, 0.6) is 0 Å². The van der Waals surface area contributed by atoms with Crippen LogP contribution in [0, 0.1) is 0 Å². The highest BCUT2D eigenvalue weighted by atomic mass is 32.2. The van der Waals surface area contributed by atoms with Crippen LogP contribution in [0.1, 0.15) is 31.9 Å². The summed E-state index contributed by atoms with van der Waals surface area (Å²) in [5.74, 6) is 0. The molecule has 4 heterocycles. The minimum Gasteiger partial charge on any atom is -0.374 e. The van der Waals surface area contributed by atoms with E-state index in [2.05, 4.69) is 69.6 Å². The second kappa shape index (κ2) is 7.91. The Morgan fingerprint density at radius 2 is 1.94 bits per heavy atom. The molecule has 0 spiro atoms. The van der Waals surface area contributed by atoms with Gasteiger partial charge in [0.05, 0.1) is 11.1 Å². The molecule has 0 atom stereocenters. The molecular weight excluding hydrogens is 436 g/mol. The Labute approximate surface area is 193 Å². The van der Waals surface area contributed by atoms with Crippen molar-refractivity contribution in [1.29, 1.82) is 0 Å². The van der Waals surface area contributed by atoms with Gasteiger partial charge in [-0.2, -0.15) is 13.5 Å². The Morgan fingerprint density at radius 1 is 1.12 bits per heavy atom. The maximum absolute atomic E-state index is 13.1. The summed E-state index contributed by atoms with van der Waals surface area (Å²) in [4.78, 5) is 6.90. The van der Waals surface area contributed by atoms with Gasteiger partial charge in [-0.1, -0.05) is 12.1 Å². The van der Waals surface area contributed by atoms with E-state index in [9.17, 15) is 8.42 Å². The van der Waals surface area contributed by atoms with Crippen LogP contribution < -0.4 is 9.62 Å². The number of rotatable bonds is 5. The number of benzene rings is 1. The van der Waals surface area contributed by atoms with Gasteiger partial charge in [-0.3, -0.25) is 9.40 Å². The zero-order valence-electron chi connectivity index (χ0n) is 19.3. The van der Waals surface area contributed by atoms with Crippen molar-refractivity contribution in [3.63, 3.8) is 0 Å². The summed E-state index contributed by atoms with van der Waals surface area (Å²) in [5, 5.41) is 4.83. The number of nitrogens with zero attached hydrogens (tertiary/aromatic N) is 5. The minimum absolute atomic E-state index is 0.0183. The number of anilines is 2. The third-order valence-electron chi connectivity index (χ3n) is 6.23. The van der Waals surface area contributed by atoms with Crippen molar-refractivity contribution in [2.45, 2.75) is 37.8 Å². The third-order valence-corrected chi connectivity index (χ3v) is 7.48. The molecular formula is C24H28N6O2S. The molecule has 0 saturated carbocycles. The molecule has 0 amide bonds. The molecule has 3 aromatic heterocycles. The van der Waals surface area contributed by atoms with Gasteiger partial charge in [-0.05, 0) is 56.0 Å². The van der Waals surface area contributed by atoms with Crippen LogP contribution in [-0.2, 0) is 23.5 Å². The lowest BCUT2D eigenvalue weighted by molar-refractivity contribution is 0.593. The smallest absolute Gasteiger partial charge is 0.281 e. The predicted octanol–water partition coefficient (Wildman–Crippen LogP) is 4.20. The minimum atomic E-state index is -3.84. The van der Waals surface area contributed by atoms with Crippen LogP contribution in [0.3, 0.4) is 0 Å². The Kier molecular flexibility index (Phi) is 5.16. The number of fused-ring (bicyclic) bond motifs is 2. The average molecular weight is 465 g/mol. The lowest BCUT2D eigenvalue weighted by atomic mass is 9.97. The van der Waals surface area contributed by atoms with Crippen molar-refractivity contribution in [3.05, 3.63) is 54.5 Å². The van der Waals surface area contributed by atoms with Gasteiger partial charge in [0.1, 0.15) is 5.65 Å². The second-order valence-electron chi connectivity index (χ2n) is 8.90. The highest BCUT2D eigenvalue weighted by Crippen LogP contribution is 2.39. The third kappa shape index (κ3) is 3.76. The van der Waals surface area contributed by atoms with Crippen molar-refractivity contribution in [3.8, 4) is 11.1 Å². The number of hydrogen-bond acceptors (Lipinski definition) is 5. The van der Waals surface area contributed by atoms with Crippen LogP contribution in [0.15, 0.2) is 53.9 Å². The number of nitrogens with one attached hydrogen (secondary N) is 1. The molecule has 4 aromatic rings. The van der Waals surface area contributed by atoms with Crippen LogP contribution in [0.25, 0.3) is 22.2 Å². The summed E-state index contributed by atoms with van der Waals surface area (Å²) in [5.41, 5.74) is 5.79. The first kappa shape index (κ1) is 21.5. The lowest BCUT2D eigenvalue weighted by Gasteiger charge is -2.28. The van der Waals surface area contributed by atoms with Crippen molar-refractivity contribution in [2.24, 2.45) is 7.05 Å².